The fraction of sp³-hybridized carbons (Fsp3) is 0.222. The minimum Gasteiger partial charge on any atom is -0.434 e. The number of carbonyl (C=O) groups is 3. The summed E-state index contributed by atoms with van der Waals surface area (Å²) in [6.45, 7) is 4.37. The molecule has 7 nitrogen and oxygen atoms in total. The summed E-state index contributed by atoms with van der Waals surface area (Å²) in [4.78, 5) is 36.0. The molecule has 3 aromatic rings. The molecule has 0 aliphatic heterocycles. The van der Waals surface area contributed by atoms with Gasteiger partial charge in [0.25, 0.3) is 5.91 Å². The van der Waals surface area contributed by atoms with Gasteiger partial charge in [0.1, 0.15) is 5.75 Å². The van der Waals surface area contributed by atoms with Gasteiger partial charge < -0.3 is 20.1 Å². The Balaban J connectivity index is 1.45. The van der Waals surface area contributed by atoms with Crippen molar-refractivity contribution in [2.45, 2.75) is 33.2 Å². The Labute approximate surface area is 199 Å². The van der Waals surface area contributed by atoms with Crippen molar-refractivity contribution in [3.8, 4) is 5.75 Å². The van der Waals surface area contributed by atoms with E-state index in [0.29, 0.717) is 36.4 Å². The van der Waals surface area contributed by atoms with Gasteiger partial charge in [-0.15, -0.1) is 0 Å². The van der Waals surface area contributed by atoms with Crippen molar-refractivity contribution in [2.75, 3.05) is 11.9 Å². The fourth-order valence-electron chi connectivity index (χ4n) is 3.25. The number of hydrogen-bond acceptors (Lipinski definition) is 5. The van der Waals surface area contributed by atoms with Gasteiger partial charge in [0.2, 0.25) is 5.91 Å². The molecule has 0 unspecified atom stereocenters. The van der Waals surface area contributed by atoms with Crippen molar-refractivity contribution in [1.29, 1.82) is 0 Å². The number of nitrogens with one attached hydrogen (secondary N) is 2. The normalized spacial score (nSPS) is 10.3. The molecule has 7 heteroatoms. The van der Waals surface area contributed by atoms with Crippen molar-refractivity contribution in [1.82, 2.24) is 5.32 Å². The molecule has 0 radical (unpaired) electrons. The molecule has 0 spiro atoms. The topological polar surface area (TPSA) is 93.7 Å². The van der Waals surface area contributed by atoms with Gasteiger partial charge in [-0.25, -0.2) is 4.79 Å². The van der Waals surface area contributed by atoms with E-state index in [1.54, 1.807) is 31.2 Å². The Bertz CT molecular complexity index is 1120. The summed E-state index contributed by atoms with van der Waals surface area (Å²) in [6.07, 6.45) is 0.351. The first kappa shape index (κ1) is 24.5. The molecule has 0 aliphatic carbocycles. The third-order valence-corrected chi connectivity index (χ3v) is 5.16. The molecule has 2 amide bonds. The molecule has 0 saturated carbocycles. The summed E-state index contributed by atoms with van der Waals surface area (Å²) >= 11 is 0. The van der Waals surface area contributed by atoms with E-state index >= 15 is 0 Å². The third kappa shape index (κ3) is 7.48. The number of ether oxygens (including phenoxy) is 2. The van der Waals surface area contributed by atoms with E-state index in [1.807, 2.05) is 43.3 Å². The molecule has 0 aromatic heterocycles. The van der Waals surface area contributed by atoms with Gasteiger partial charge in [0.05, 0.1) is 6.61 Å². The molecular weight excluding hydrogens is 432 g/mol. The van der Waals surface area contributed by atoms with Crippen LogP contribution in [0, 0.1) is 6.92 Å². The van der Waals surface area contributed by atoms with E-state index in [-0.39, 0.29) is 18.4 Å². The number of anilines is 1. The van der Waals surface area contributed by atoms with Gasteiger partial charge in [0, 0.05) is 24.2 Å². The Morgan fingerprint density at radius 2 is 1.59 bits per heavy atom. The lowest BCUT2D eigenvalue weighted by Gasteiger charge is -2.09. The quantitative estimate of drug-likeness (QED) is 0.345. The van der Waals surface area contributed by atoms with Crippen molar-refractivity contribution < 1.29 is 23.9 Å². The average molecular weight is 461 g/mol. The van der Waals surface area contributed by atoms with E-state index in [0.717, 1.165) is 5.56 Å². The summed E-state index contributed by atoms with van der Waals surface area (Å²) in [7, 11) is 0. The summed E-state index contributed by atoms with van der Waals surface area (Å²) in [5.41, 5.74) is 4.35. The lowest BCUT2D eigenvalue weighted by atomic mass is 10.0. The van der Waals surface area contributed by atoms with E-state index in [1.165, 1.54) is 23.3 Å². The molecule has 0 heterocycles. The monoisotopic (exact) mass is 460 g/mol. The zero-order valence-corrected chi connectivity index (χ0v) is 19.3. The number of benzene rings is 3. The Kier molecular flexibility index (Phi) is 8.80. The van der Waals surface area contributed by atoms with Gasteiger partial charge in [-0.05, 0) is 73.4 Å². The predicted octanol–water partition coefficient (Wildman–Crippen LogP) is 5.03. The van der Waals surface area contributed by atoms with Crippen LogP contribution in [0.15, 0.2) is 72.8 Å². The largest absolute Gasteiger partial charge is 0.513 e. The highest BCUT2D eigenvalue weighted by Gasteiger charge is 2.09. The molecule has 0 atom stereocenters. The SMILES string of the molecule is CCOC(=O)Oc1ccc(C(=O)Nc2ccc(CNC(=O)CCc3ccccc3C)cc2)cc1. The van der Waals surface area contributed by atoms with Crippen LogP contribution < -0.4 is 15.4 Å². The summed E-state index contributed by atoms with van der Waals surface area (Å²) < 4.78 is 9.69. The maximum atomic E-state index is 12.5. The predicted molar refractivity (Wildman–Crippen MR) is 130 cm³/mol. The van der Waals surface area contributed by atoms with Crippen LogP contribution in [0.2, 0.25) is 0 Å². The van der Waals surface area contributed by atoms with Crippen LogP contribution in [0.1, 0.15) is 40.4 Å². The van der Waals surface area contributed by atoms with E-state index in [2.05, 4.69) is 10.6 Å². The van der Waals surface area contributed by atoms with Crippen LogP contribution in [0.25, 0.3) is 0 Å². The Morgan fingerprint density at radius 1 is 0.882 bits per heavy atom. The maximum Gasteiger partial charge on any atom is 0.513 e. The molecule has 0 aliphatic rings. The van der Waals surface area contributed by atoms with Gasteiger partial charge in [-0.1, -0.05) is 36.4 Å². The molecule has 0 fully saturated rings. The summed E-state index contributed by atoms with van der Waals surface area (Å²) in [5.74, 6) is -0.00346. The van der Waals surface area contributed by atoms with Crippen LogP contribution in [0.4, 0.5) is 10.5 Å². The minimum atomic E-state index is -0.790. The first-order valence-electron chi connectivity index (χ1n) is 11.1. The average Bonchev–Trinajstić information content (AvgIpc) is 2.83. The fourth-order valence-corrected chi connectivity index (χ4v) is 3.25. The minimum absolute atomic E-state index is 0.00369. The number of rotatable bonds is 9. The molecule has 3 rings (SSSR count). The van der Waals surface area contributed by atoms with E-state index < -0.39 is 6.16 Å². The van der Waals surface area contributed by atoms with E-state index in [4.69, 9.17) is 9.47 Å². The van der Waals surface area contributed by atoms with Gasteiger partial charge in [-0.3, -0.25) is 9.59 Å². The van der Waals surface area contributed by atoms with Crippen molar-refractivity contribution in [3.63, 3.8) is 0 Å². The Morgan fingerprint density at radius 3 is 2.26 bits per heavy atom. The number of carbonyl (C=O) groups excluding carboxylic acids is 3. The van der Waals surface area contributed by atoms with Crippen molar-refractivity contribution >= 4 is 23.7 Å². The molecule has 176 valence electrons. The summed E-state index contributed by atoms with van der Waals surface area (Å²) in [5, 5.41) is 5.75. The van der Waals surface area contributed by atoms with Crippen LogP contribution in [0.3, 0.4) is 0 Å². The third-order valence-electron chi connectivity index (χ3n) is 5.16. The highest BCUT2D eigenvalue weighted by molar-refractivity contribution is 6.04. The lowest BCUT2D eigenvalue weighted by molar-refractivity contribution is -0.121. The molecule has 0 saturated heterocycles. The summed E-state index contributed by atoms with van der Waals surface area (Å²) in [6, 6.07) is 21.5. The first-order chi connectivity index (χ1) is 16.4. The van der Waals surface area contributed by atoms with Crippen molar-refractivity contribution in [3.05, 3.63) is 95.1 Å². The first-order valence-corrected chi connectivity index (χ1v) is 11.1. The Hall–Kier alpha value is -4.13. The van der Waals surface area contributed by atoms with Gasteiger partial charge in [-0.2, -0.15) is 0 Å². The highest BCUT2D eigenvalue weighted by Crippen LogP contribution is 2.16. The number of amides is 2. The van der Waals surface area contributed by atoms with Crippen LogP contribution >= 0.6 is 0 Å². The van der Waals surface area contributed by atoms with Crippen molar-refractivity contribution in [2.24, 2.45) is 0 Å². The molecule has 0 bridgehead atoms. The van der Waals surface area contributed by atoms with Crippen LogP contribution in [0.5, 0.6) is 5.75 Å². The highest BCUT2D eigenvalue weighted by atomic mass is 16.7. The number of aryl methyl sites for hydroxylation is 2. The smallest absolute Gasteiger partial charge is 0.434 e. The zero-order chi connectivity index (χ0) is 24.3. The molecule has 34 heavy (non-hydrogen) atoms. The standard InChI is InChI=1S/C27H28N2O5/c1-3-33-27(32)34-24-15-10-22(11-16-24)26(31)29-23-13-8-20(9-14-23)18-28-25(30)17-12-21-7-5-4-6-19(21)2/h4-11,13-16H,3,12,17-18H2,1-2H3,(H,28,30)(H,29,31). The second-order valence-electron chi connectivity index (χ2n) is 7.66. The lowest BCUT2D eigenvalue weighted by Crippen LogP contribution is -2.23. The molecule has 2 N–H and O–H groups in total. The van der Waals surface area contributed by atoms with E-state index in [9.17, 15) is 14.4 Å². The van der Waals surface area contributed by atoms with Gasteiger partial charge in [0.15, 0.2) is 0 Å². The second-order valence-corrected chi connectivity index (χ2v) is 7.66. The van der Waals surface area contributed by atoms with Gasteiger partial charge >= 0.3 is 6.16 Å². The zero-order valence-electron chi connectivity index (χ0n) is 19.3. The molecular formula is C27H28N2O5. The maximum absolute atomic E-state index is 12.5. The van der Waals surface area contributed by atoms with Crippen LogP contribution in [-0.4, -0.2) is 24.6 Å². The molecule has 3 aromatic carbocycles. The van der Waals surface area contributed by atoms with Crippen LogP contribution in [-0.2, 0) is 22.5 Å². The second kappa shape index (κ2) is 12.2. The number of hydrogen-bond donors (Lipinski definition) is 2.